The van der Waals surface area contributed by atoms with E-state index in [1.807, 2.05) is 38.1 Å². The van der Waals surface area contributed by atoms with Crippen molar-refractivity contribution in [2.24, 2.45) is 0 Å². The number of hydrogen-bond donors (Lipinski definition) is 2. The standard InChI is InChI=1S/C12H18ClNO/c1-9(15)12(2,3)14-8-10-4-6-11(13)7-5-10/h4-7,9,14-15H,8H2,1-3H3. The van der Waals surface area contributed by atoms with E-state index in [1.54, 1.807) is 6.92 Å². The van der Waals surface area contributed by atoms with Crippen molar-refractivity contribution >= 4 is 11.6 Å². The molecule has 0 aliphatic carbocycles. The summed E-state index contributed by atoms with van der Waals surface area (Å²) < 4.78 is 0. The van der Waals surface area contributed by atoms with Gasteiger partial charge in [-0.1, -0.05) is 23.7 Å². The maximum absolute atomic E-state index is 9.52. The van der Waals surface area contributed by atoms with E-state index in [4.69, 9.17) is 11.6 Å². The van der Waals surface area contributed by atoms with Crippen molar-refractivity contribution in [3.63, 3.8) is 0 Å². The highest BCUT2D eigenvalue weighted by atomic mass is 35.5. The average Bonchev–Trinajstić information content (AvgIpc) is 2.17. The average molecular weight is 228 g/mol. The molecule has 0 spiro atoms. The van der Waals surface area contributed by atoms with Gasteiger partial charge in [0.15, 0.2) is 0 Å². The van der Waals surface area contributed by atoms with Gasteiger partial charge in [-0.15, -0.1) is 0 Å². The summed E-state index contributed by atoms with van der Waals surface area (Å²) in [5.41, 5.74) is 0.882. The van der Waals surface area contributed by atoms with Crippen molar-refractivity contribution in [2.75, 3.05) is 0 Å². The second kappa shape index (κ2) is 4.97. The van der Waals surface area contributed by atoms with Crippen LogP contribution in [0.1, 0.15) is 26.3 Å². The van der Waals surface area contributed by atoms with Crippen molar-refractivity contribution in [3.8, 4) is 0 Å². The molecule has 2 N–H and O–H groups in total. The van der Waals surface area contributed by atoms with Crippen LogP contribution in [0.15, 0.2) is 24.3 Å². The zero-order valence-corrected chi connectivity index (χ0v) is 10.2. The van der Waals surface area contributed by atoms with Crippen LogP contribution >= 0.6 is 11.6 Å². The molecule has 0 fully saturated rings. The van der Waals surface area contributed by atoms with Crippen LogP contribution in [0.5, 0.6) is 0 Å². The number of rotatable bonds is 4. The Balaban J connectivity index is 2.54. The fourth-order valence-electron chi connectivity index (χ4n) is 1.08. The summed E-state index contributed by atoms with van der Waals surface area (Å²) in [6.07, 6.45) is -0.384. The minimum Gasteiger partial charge on any atom is -0.392 e. The van der Waals surface area contributed by atoms with Gasteiger partial charge in [-0.2, -0.15) is 0 Å². The summed E-state index contributed by atoms with van der Waals surface area (Å²) >= 11 is 5.79. The topological polar surface area (TPSA) is 32.3 Å². The zero-order valence-electron chi connectivity index (χ0n) is 9.42. The van der Waals surface area contributed by atoms with Gasteiger partial charge >= 0.3 is 0 Å². The van der Waals surface area contributed by atoms with Crippen LogP contribution in [0, 0.1) is 0 Å². The third-order valence-electron chi connectivity index (χ3n) is 2.71. The monoisotopic (exact) mass is 227 g/mol. The number of nitrogens with one attached hydrogen (secondary N) is 1. The Morgan fingerprint density at radius 3 is 2.33 bits per heavy atom. The molecule has 1 atom stereocenters. The van der Waals surface area contributed by atoms with Crippen LogP contribution in [-0.4, -0.2) is 16.7 Å². The molecule has 0 amide bonds. The van der Waals surface area contributed by atoms with Crippen LogP contribution in [0.2, 0.25) is 5.02 Å². The third-order valence-corrected chi connectivity index (χ3v) is 2.96. The fourth-order valence-corrected chi connectivity index (χ4v) is 1.21. The van der Waals surface area contributed by atoms with Crippen molar-refractivity contribution < 1.29 is 5.11 Å². The van der Waals surface area contributed by atoms with Gasteiger partial charge in [-0.3, -0.25) is 0 Å². The van der Waals surface area contributed by atoms with Gasteiger partial charge in [-0.05, 0) is 38.5 Å². The van der Waals surface area contributed by atoms with E-state index < -0.39 is 0 Å². The highest BCUT2D eigenvalue weighted by Gasteiger charge is 2.22. The van der Waals surface area contributed by atoms with Crippen LogP contribution < -0.4 is 5.32 Å². The summed E-state index contributed by atoms with van der Waals surface area (Å²) in [6, 6.07) is 7.70. The lowest BCUT2D eigenvalue weighted by Gasteiger charge is -2.29. The molecule has 1 aromatic carbocycles. The molecule has 0 heterocycles. The molecule has 1 aromatic rings. The number of aliphatic hydroxyl groups is 1. The summed E-state index contributed by atoms with van der Waals surface area (Å²) in [6.45, 7) is 6.48. The van der Waals surface area contributed by atoms with E-state index in [1.165, 1.54) is 0 Å². The second-order valence-electron chi connectivity index (χ2n) is 4.38. The van der Waals surface area contributed by atoms with Gasteiger partial charge in [0, 0.05) is 17.1 Å². The van der Waals surface area contributed by atoms with Gasteiger partial charge < -0.3 is 10.4 Å². The Bertz CT molecular complexity index is 306. The maximum atomic E-state index is 9.52. The molecule has 0 aliphatic rings. The molecule has 2 nitrogen and oxygen atoms in total. The van der Waals surface area contributed by atoms with Crippen molar-refractivity contribution in [1.82, 2.24) is 5.32 Å². The molecular formula is C12H18ClNO. The minimum atomic E-state index is -0.384. The number of halogens is 1. The zero-order chi connectivity index (χ0) is 11.5. The predicted octanol–water partition coefficient (Wildman–Crippen LogP) is 2.59. The number of benzene rings is 1. The Hall–Kier alpha value is -0.570. The summed E-state index contributed by atoms with van der Waals surface area (Å²) in [7, 11) is 0. The van der Waals surface area contributed by atoms with Gasteiger partial charge in [0.2, 0.25) is 0 Å². The molecule has 84 valence electrons. The second-order valence-corrected chi connectivity index (χ2v) is 4.81. The van der Waals surface area contributed by atoms with E-state index >= 15 is 0 Å². The van der Waals surface area contributed by atoms with Gasteiger partial charge in [0.05, 0.1) is 6.10 Å². The van der Waals surface area contributed by atoms with Gasteiger partial charge in [0.1, 0.15) is 0 Å². The number of aliphatic hydroxyl groups excluding tert-OH is 1. The summed E-state index contributed by atoms with van der Waals surface area (Å²) in [5, 5.41) is 13.6. The Kier molecular flexibility index (Phi) is 4.14. The normalized spacial score (nSPS) is 13.9. The predicted molar refractivity (Wildman–Crippen MR) is 64.1 cm³/mol. The molecule has 15 heavy (non-hydrogen) atoms. The van der Waals surface area contributed by atoms with E-state index in [-0.39, 0.29) is 11.6 Å². The van der Waals surface area contributed by atoms with Gasteiger partial charge in [-0.25, -0.2) is 0 Å². The minimum absolute atomic E-state index is 0.278. The first-order chi connectivity index (χ1) is 6.92. The first-order valence-electron chi connectivity index (χ1n) is 5.09. The molecular weight excluding hydrogens is 210 g/mol. The molecule has 0 saturated heterocycles. The van der Waals surface area contributed by atoms with Crippen LogP contribution in [0.25, 0.3) is 0 Å². The third kappa shape index (κ3) is 3.82. The maximum Gasteiger partial charge on any atom is 0.0688 e. The summed E-state index contributed by atoms with van der Waals surface area (Å²) in [4.78, 5) is 0. The molecule has 0 bridgehead atoms. The largest absolute Gasteiger partial charge is 0.392 e. The lowest BCUT2D eigenvalue weighted by molar-refractivity contribution is 0.0956. The fraction of sp³-hybridized carbons (Fsp3) is 0.500. The SMILES string of the molecule is CC(O)C(C)(C)NCc1ccc(Cl)cc1. The Labute approximate surface area is 96.3 Å². The first-order valence-corrected chi connectivity index (χ1v) is 5.47. The molecule has 3 heteroatoms. The Morgan fingerprint density at radius 2 is 1.87 bits per heavy atom. The van der Waals surface area contributed by atoms with Crippen molar-refractivity contribution in [3.05, 3.63) is 34.9 Å². The van der Waals surface area contributed by atoms with Crippen molar-refractivity contribution in [2.45, 2.75) is 39.0 Å². The Morgan fingerprint density at radius 1 is 1.33 bits per heavy atom. The summed E-state index contributed by atoms with van der Waals surface area (Å²) in [5.74, 6) is 0. The van der Waals surface area contributed by atoms with E-state index in [9.17, 15) is 5.11 Å². The molecule has 0 saturated carbocycles. The van der Waals surface area contributed by atoms with Crippen molar-refractivity contribution in [1.29, 1.82) is 0 Å². The van der Waals surface area contributed by atoms with Crippen LogP contribution in [-0.2, 0) is 6.54 Å². The number of hydrogen-bond acceptors (Lipinski definition) is 2. The molecule has 1 rings (SSSR count). The first kappa shape index (κ1) is 12.5. The quantitative estimate of drug-likeness (QED) is 0.829. The van der Waals surface area contributed by atoms with E-state index in [2.05, 4.69) is 5.32 Å². The van der Waals surface area contributed by atoms with E-state index in [0.29, 0.717) is 0 Å². The van der Waals surface area contributed by atoms with Crippen LogP contribution in [0.3, 0.4) is 0 Å². The van der Waals surface area contributed by atoms with Crippen LogP contribution in [0.4, 0.5) is 0 Å². The molecule has 0 radical (unpaired) electrons. The molecule has 0 aromatic heterocycles. The van der Waals surface area contributed by atoms with Gasteiger partial charge in [0.25, 0.3) is 0 Å². The van der Waals surface area contributed by atoms with E-state index in [0.717, 1.165) is 17.1 Å². The lowest BCUT2D eigenvalue weighted by Crippen LogP contribution is -2.47. The molecule has 1 unspecified atom stereocenters. The smallest absolute Gasteiger partial charge is 0.0688 e. The highest BCUT2D eigenvalue weighted by molar-refractivity contribution is 6.30. The molecule has 0 aliphatic heterocycles. The lowest BCUT2D eigenvalue weighted by atomic mass is 9.98. The highest BCUT2D eigenvalue weighted by Crippen LogP contribution is 2.12.